The molecule has 0 aliphatic heterocycles. The van der Waals surface area contributed by atoms with E-state index in [1.807, 2.05) is 19.1 Å². The maximum Gasteiger partial charge on any atom is 0.281 e. The summed E-state index contributed by atoms with van der Waals surface area (Å²) in [5, 5.41) is 4.13. The van der Waals surface area contributed by atoms with Crippen molar-refractivity contribution in [1.29, 1.82) is 0 Å². The van der Waals surface area contributed by atoms with Crippen molar-refractivity contribution < 1.29 is 4.79 Å². The van der Waals surface area contributed by atoms with Crippen LogP contribution in [0.25, 0.3) is 0 Å². The van der Waals surface area contributed by atoms with Crippen LogP contribution in [0.2, 0.25) is 0 Å². The summed E-state index contributed by atoms with van der Waals surface area (Å²) >= 11 is 1.62. The van der Waals surface area contributed by atoms with Crippen LogP contribution in [0.1, 0.15) is 56.6 Å². The predicted molar refractivity (Wildman–Crippen MR) is 101 cm³/mol. The van der Waals surface area contributed by atoms with E-state index in [1.165, 1.54) is 28.8 Å². The Balaban J connectivity index is 1.65. The number of fused-ring (bicyclic) bond motifs is 1. The molecule has 0 unspecified atom stereocenters. The largest absolute Gasteiger partial charge is 0.281 e. The number of hydrogen-bond donors (Lipinski definition) is 1. The van der Waals surface area contributed by atoms with Crippen molar-refractivity contribution in [2.24, 2.45) is 11.0 Å². The molecule has 0 radical (unpaired) electrons. The summed E-state index contributed by atoms with van der Waals surface area (Å²) in [6.07, 6.45) is 6.40. The number of amides is 1. The van der Waals surface area contributed by atoms with E-state index in [-0.39, 0.29) is 5.91 Å². The van der Waals surface area contributed by atoms with E-state index >= 15 is 0 Å². The van der Waals surface area contributed by atoms with E-state index in [0.29, 0.717) is 0 Å². The second-order valence-corrected chi connectivity index (χ2v) is 7.77. The predicted octanol–water partition coefficient (Wildman–Crippen LogP) is 4.64. The fraction of sp³-hybridized carbons (Fsp3) is 0.400. The van der Waals surface area contributed by atoms with Crippen molar-refractivity contribution in [3.63, 3.8) is 0 Å². The number of carbonyl (C=O) groups excluding carboxylic acids is 1. The van der Waals surface area contributed by atoms with Crippen LogP contribution in [-0.4, -0.2) is 12.1 Å². The average molecular weight is 340 g/mol. The standard InChI is InChI=1S/C20H24N2OS/c1-4-15-6-8-18-17(10-15)11-19(24-18)20(23)22-21-12-16-7-5-13(2)9-14(16)3/h5,7,9,11-12,15H,4,6,8,10H2,1-3H3,(H,22,23)/b21-12-/t15-/m1/s1. The zero-order valence-electron chi connectivity index (χ0n) is 14.6. The van der Waals surface area contributed by atoms with E-state index < -0.39 is 0 Å². The zero-order valence-corrected chi connectivity index (χ0v) is 15.4. The van der Waals surface area contributed by atoms with Gasteiger partial charge in [0.2, 0.25) is 0 Å². The molecule has 126 valence electrons. The van der Waals surface area contributed by atoms with E-state index in [1.54, 1.807) is 17.6 Å². The van der Waals surface area contributed by atoms with Gasteiger partial charge in [-0.1, -0.05) is 37.1 Å². The molecule has 0 bridgehead atoms. The molecule has 1 heterocycles. The SMILES string of the molecule is CC[C@@H]1CCc2sc(C(=O)N/N=C\c3ccc(C)cc3C)cc2C1. The summed E-state index contributed by atoms with van der Waals surface area (Å²) in [5.74, 6) is 0.661. The summed E-state index contributed by atoms with van der Waals surface area (Å²) < 4.78 is 0. The lowest BCUT2D eigenvalue weighted by Crippen LogP contribution is -2.16. The van der Waals surface area contributed by atoms with Crippen molar-refractivity contribution in [2.75, 3.05) is 0 Å². The minimum absolute atomic E-state index is 0.108. The Labute approximate surface area is 147 Å². The van der Waals surface area contributed by atoms with Gasteiger partial charge in [-0.15, -0.1) is 11.3 Å². The molecule has 1 atom stereocenters. The van der Waals surface area contributed by atoms with Crippen molar-refractivity contribution in [2.45, 2.75) is 46.5 Å². The van der Waals surface area contributed by atoms with Crippen LogP contribution in [0.5, 0.6) is 0 Å². The van der Waals surface area contributed by atoms with Gasteiger partial charge in [0, 0.05) is 4.88 Å². The first kappa shape index (κ1) is 16.9. The molecule has 1 aromatic heterocycles. The van der Waals surface area contributed by atoms with Crippen molar-refractivity contribution in [3.8, 4) is 0 Å². The summed E-state index contributed by atoms with van der Waals surface area (Å²) in [7, 11) is 0. The summed E-state index contributed by atoms with van der Waals surface area (Å²) in [6.45, 7) is 6.36. The molecule has 3 nitrogen and oxygen atoms in total. The maximum atomic E-state index is 12.3. The number of hydrazone groups is 1. The van der Waals surface area contributed by atoms with Crippen LogP contribution in [0.3, 0.4) is 0 Å². The van der Waals surface area contributed by atoms with Crippen LogP contribution >= 0.6 is 11.3 Å². The van der Waals surface area contributed by atoms with Crippen LogP contribution in [0.4, 0.5) is 0 Å². The fourth-order valence-electron chi connectivity index (χ4n) is 3.25. The minimum Gasteiger partial charge on any atom is -0.266 e. The number of hydrogen-bond acceptors (Lipinski definition) is 3. The van der Waals surface area contributed by atoms with Crippen LogP contribution in [0.15, 0.2) is 29.4 Å². The summed E-state index contributed by atoms with van der Waals surface area (Å²) in [6, 6.07) is 8.24. The molecule has 1 N–H and O–H groups in total. The second kappa shape index (κ2) is 7.31. The molecule has 1 aliphatic carbocycles. The van der Waals surface area contributed by atoms with E-state index in [2.05, 4.69) is 36.5 Å². The third kappa shape index (κ3) is 3.75. The van der Waals surface area contributed by atoms with Gasteiger partial charge in [0.05, 0.1) is 11.1 Å². The van der Waals surface area contributed by atoms with Crippen molar-refractivity contribution >= 4 is 23.5 Å². The topological polar surface area (TPSA) is 41.5 Å². The van der Waals surface area contributed by atoms with Gasteiger partial charge < -0.3 is 0 Å². The van der Waals surface area contributed by atoms with Crippen LogP contribution in [0, 0.1) is 19.8 Å². The molecule has 24 heavy (non-hydrogen) atoms. The normalized spacial score (nSPS) is 17.0. The first-order valence-corrected chi connectivity index (χ1v) is 9.40. The number of benzene rings is 1. The minimum atomic E-state index is -0.108. The lowest BCUT2D eigenvalue weighted by Gasteiger charge is -2.19. The second-order valence-electron chi connectivity index (χ2n) is 6.64. The molecule has 0 saturated carbocycles. The highest BCUT2D eigenvalue weighted by Crippen LogP contribution is 2.33. The number of nitrogens with one attached hydrogen (secondary N) is 1. The van der Waals surface area contributed by atoms with Gasteiger partial charge in [0.1, 0.15) is 0 Å². The first-order chi connectivity index (χ1) is 11.6. The van der Waals surface area contributed by atoms with E-state index in [4.69, 9.17) is 0 Å². The molecule has 1 aromatic carbocycles. The smallest absolute Gasteiger partial charge is 0.266 e. The Bertz CT molecular complexity index is 776. The molecule has 0 spiro atoms. The van der Waals surface area contributed by atoms with Crippen molar-refractivity contribution in [1.82, 2.24) is 5.43 Å². The quantitative estimate of drug-likeness (QED) is 0.639. The van der Waals surface area contributed by atoms with E-state index in [9.17, 15) is 4.79 Å². The molecule has 0 saturated heterocycles. The van der Waals surface area contributed by atoms with Gasteiger partial charge in [0.25, 0.3) is 5.91 Å². The van der Waals surface area contributed by atoms with Gasteiger partial charge in [-0.05, 0) is 61.8 Å². The Morgan fingerprint density at radius 1 is 1.38 bits per heavy atom. The zero-order chi connectivity index (χ0) is 17.1. The van der Waals surface area contributed by atoms with Gasteiger partial charge in [0.15, 0.2) is 0 Å². The highest BCUT2D eigenvalue weighted by atomic mass is 32.1. The van der Waals surface area contributed by atoms with Gasteiger partial charge in [-0.3, -0.25) is 4.79 Å². The highest BCUT2D eigenvalue weighted by molar-refractivity contribution is 7.14. The highest BCUT2D eigenvalue weighted by Gasteiger charge is 2.21. The van der Waals surface area contributed by atoms with E-state index in [0.717, 1.165) is 34.8 Å². The number of aryl methyl sites for hydroxylation is 3. The third-order valence-corrected chi connectivity index (χ3v) is 6.02. The third-order valence-electron chi connectivity index (χ3n) is 4.78. The summed E-state index contributed by atoms with van der Waals surface area (Å²) in [4.78, 5) is 14.5. The van der Waals surface area contributed by atoms with Gasteiger partial charge in [-0.2, -0.15) is 5.10 Å². The Hall–Kier alpha value is -1.94. The molecular formula is C20H24N2OS. The number of rotatable bonds is 4. The first-order valence-electron chi connectivity index (χ1n) is 8.59. The molecule has 4 heteroatoms. The fourth-order valence-corrected chi connectivity index (χ4v) is 4.34. The lowest BCUT2D eigenvalue weighted by molar-refractivity contribution is 0.0959. The number of thiophene rings is 1. The Morgan fingerprint density at radius 3 is 2.96 bits per heavy atom. The summed E-state index contributed by atoms with van der Waals surface area (Å²) in [5.41, 5.74) is 7.44. The monoisotopic (exact) mass is 340 g/mol. The molecule has 1 aliphatic rings. The number of nitrogens with zero attached hydrogens (tertiary/aromatic N) is 1. The van der Waals surface area contributed by atoms with Crippen molar-refractivity contribution in [3.05, 3.63) is 56.3 Å². The Kier molecular flexibility index (Phi) is 5.14. The Morgan fingerprint density at radius 2 is 2.21 bits per heavy atom. The molecule has 2 aromatic rings. The lowest BCUT2D eigenvalue weighted by atomic mass is 9.87. The van der Waals surface area contributed by atoms with Crippen LogP contribution < -0.4 is 5.43 Å². The maximum absolute atomic E-state index is 12.3. The average Bonchev–Trinajstić information content (AvgIpc) is 2.99. The molecule has 0 fully saturated rings. The van der Waals surface area contributed by atoms with Crippen LogP contribution in [-0.2, 0) is 12.8 Å². The molecule has 3 rings (SSSR count). The number of carbonyl (C=O) groups is 1. The van der Waals surface area contributed by atoms with Gasteiger partial charge in [-0.25, -0.2) is 5.43 Å². The molecular weight excluding hydrogens is 316 g/mol. The van der Waals surface area contributed by atoms with Gasteiger partial charge >= 0.3 is 0 Å². The molecule has 1 amide bonds.